The number of aliphatic hydroxyl groups excluding tert-OH is 1. The Bertz CT molecular complexity index is 1270. The van der Waals surface area contributed by atoms with E-state index in [4.69, 9.17) is 39.9 Å². The zero-order chi connectivity index (χ0) is 23.5. The normalized spacial score (nSPS) is 18.0. The number of hydrogen-bond acceptors (Lipinski definition) is 7. The minimum Gasteiger partial charge on any atom is -0.444 e. The summed E-state index contributed by atoms with van der Waals surface area (Å²) >= 11 is 13.4. The van der Waals surface area contributed by atoms with Crippen LogP contribution >= 0.6 is 35.0 Å². The highest BCUT2D eigenvalue weighted by atomic mass is 35.5. The number of rotatable bonds is 5. The lowest BCUT2D eigenvalue weighted by Gasteiger charge is -2.28. The summed E-state index contributed by atoms with van der Waals surface area (Å²) in [6.45, 7) is 7.57. The molecule has 0 aliphatic heterocycles. The van der Waals surface area contributed by atoms with Crippen molar-refractivity contribution in [1.82, 2.24) is 9.97 Å². The van der Waals surface area contributed by atoms with Crippen LogP contribution in [0.15, 0.2) is 33.9 Å². The van der Waals surface area contributed by atoms with Gasteiger partial charge >= 0.3 is 0 Å². The summed E-state index contributed by atoms with van der Waals surface area (Å²) in [4.78, 5) is 12.4. The molecule has 0 spiro atoms. The molecular weight excluding hydrogens is 481 g/mol. The molecule has 10 heteroatoms. The van der Waals surface area contributed by atoms with Crippen LogP contribution in [0.25, 0.3) is 16.3 Å². The summed E-state index contributed by atoms with van der Waals surface area (Å²) in [6, 6.07) is 7.36. The molecule has 168 valence electrons. The van der Waals surface area contributed by atoms with Gasteiger partial charge in [-0.2, -0.15) is 5.26 Å². The molecular formula is C23H19Cl2N5O2S. The van der Waals surface area contributed by atoms with Gasteiger partial charge < -0.3 is 15.3 Å². The lowest BCUT2D eigenvalue weighted by Crippen LogP contribution is -2.18. The van der Waals surface area contributed by atoms with E-state index in [1.54, 1.807) is 18.2 Å². The number of halogens is 2. The average Bonchev–Trinajstić information content (AvgIpc) is 3.28. The summed E-state index contributed by atoms with van der Waals surface area (Å²) in [6.07, 6.45) is 3.86. The van der Waals surface area contributed by atoms with Crippen molar-refractivity contribution in [1.29, 1.82) is 5.26 Å². The van der Waals surface area contributed by atoms with E-state index in [1.807, 2.05) is 0 Å². The van der Waals surface area contributed by atoms with E-state index in [9.17, 15) is 10.4 Å². The summed E-state index contributed by atoms with van der Waals surface area (Å²) in [5, 5.41) is 21.1. The molecule has 0 atom stereocenters. The van der Waals surface area contributed by atoms with Gasteiger partial charge in [-0.05, 0) is 55.4 Å². The van der Waals surface area contributed by atoms with Gasteiger partial charge in [0.2, 0.25) is 11.6 Å². The zero-order valence-corrected chi connectivity index (χ0v) is 19.7. The maximum Gasteiger partial charge on any atom is 0.232 e. The number of benzene rings is 1. The van der Waals surface area contributed by atoms with Crippen molar-refractivity contribution in [2.24, 2.45) is 0 Å². The number of aliphatic hydroxyl groups is 1. The van der Waals surface area contributed by atoms with Crippen molar-refractivity contribution in [2.75, 3.05) is 5.73 Å². The van der Waals surface area contributed by atoms with Gasteiger partial charge in [0.1, 0.15) is 23.2 Å². The molecule has 1 fully saturated rings. The second-order valence-corrected chi connectivity index (χ2v) is 9.51. The van der Waals surface area contributed by atoms with E-state index in [1.165, 1.54) is 18.0 Å². The highest BCUT2D eigenvalue weighted by Crippen LogP contribution is 2.44. The van der Waals surface area contributed by atoms with Crippen molar-refractivity contribution >= 4 is 46.5 Å². The maximum absolute atomic E-state index is 9.94. The number of nitrogens with two attached hydrogens (primary N) is 1. The number of nitrogen functional groups attached to an aromatic ring is 1. The van der Waals surface area contributed by atoms with E-state index in [0.29, 0.717) is 74.8 Å². The molecule has 1 aliphatic carbocycles. The molecule has 0 bridgehead atoms. The third-order valence-corrected chi connectivity index (χ3v) is 7.35. The summed E-state index contributed by atoms with van der Waals surface area (Å²) in [5.74, 6) is 0.905. The van der Waals surface area contributed by atoms with Gasteiger partial charge in [0.15, 0.2) is 0 Å². The number of oxazole rings is 1. The first-order valence-electron chi connectivity index (χ1n) is 10.2. The first-order chi connectivity index (χ1) is 15.9. The van der Waals surface area contributed by atoms with Crippen LogP contribution in [0.5, 0.6) is 0 Å². The Labute approximate surface area is 205 Å². The van der Waals surface area contributed by atoms with Gasteiger partial charge in [0.25, 0.3) is 0 Å². The molecule has 33 heavy (non-hydrogen) atoms. The number of aromatic nitrogens is 2. The molecule has 1 aliphatic rings. The highest BCUT2D eigenvalue weighted by molar-refractivity contribution is 7.98. The Morgan fingerprint density at radius 2 is 2.00 bits per heavy atom. The van der Waals surface area contributed by atoms with Crippen LogP contribution in [0.2, 0.25) is 10.0 Å². The first kappa shape index (κ1) is 23.4. The largest absolute Gasteiger partial charge is 0.444 e. The maximum atomic E-state index is 9.94. The number of hydrogen-bond donors (Lipinski definition) is 2. The fourth-order valence-corrected chi connectivity index (χ4v) is 5.14. The van der Waals surface area contributed by atoms with Crippen LogP contribution in [0.4, 0.5) is 11.5 Å². The first-order valence-corrected chi connectivity index (χ1v) is 12.0. The van der Waals surface area contributed by atoms with Crippen molar-refractivity contribution in [2.45, 2.75) is 48.5 Å². The van der Waals surface area contributed by atoms with E-state index in [2.05, 4.69) is 20.9 Å². The van der Waals surface area contributed by atoms with Gasteiger partial charge in [-0.1, -0.05) is 35.0 Å². The molecule has 7 nitrogen and oxygen atoms in total. The molecule has 0 radical (unpaired) electrons. The van der Waals surface area contributed by atoms with Gasteiger partial charge in [-0.25, -0.2) is 14.8 Å². The molecule has 2 heterocycles. The minimum absolute atomic E-state index is 0.00916. The lowest BCUT2D eigenvalue weighted by molar-refractivity contribution is 0.122. The molecule has 1 aromatic carbocycles. The number of anilines is 1. The van der Waals surface area contributed by atoms with Crippen LogP contribution in [0, 0.1) is 17.9 Å². The van der Waals surface area contributed by atoms with E-state index >= 15 is 0 Å². The molecule has 1 saturated carbocycles. The van der Waals surface area contributed by atoms with Crippen LogP contribution in [-0.4, -0.2) is 21.2 Å². The number of pyridine rings is 1. The molecule has 3 N–H and O–H groups in total. The highest BCUT2D eigenvalue weighted by Gasteiger charge is 2.29. The molecule has 0 amide bonds. The quantitative estimate of drug-likeness (QED) is 0.310. The fourth-order valence-electron chi connectivity index (χ4n) is 3.96. The van der Waals surface area contributed by atoms with Gasteiger partial charge in [-0.15, -0.1) is 0 Å². The Kier molecular flexibility index (Phi) is 7.11. The zero-order valence-electron chi connectivity index (χ0n) is 17.4. The number of nitrogens with zero attached hydrogens (tertiary/aromatic N) is 4. The molecule has 4 rings (SSSR count). The predicted octanol–water partition coefficient (Wildman–Crippen LogP) is 6.36. The van der Waals surface area contributed by atoms with Crippen molar-refractivity contribution in [3.05, 3.63) is 62.7 Å². The monoisotopic (exact) mass is 499 g/mol. The Balaban J connectivity index is 1.60. The second kappa shape index (κ2) is 10.0. The molecule has 0 unspecified atom stereocenters. The fraction of sp³-hybridized carbons (Fsp3) is 0.304. The summed E-state index contributed by atoms with van der Waals surface area (Å²) in [5.41, 5.74) is 8.72. The van der Waals surface area contributed by atoms with E-state index in [0.717, 1.165) is 0 Å². The topological polar surface area (TPSA) is 113 Å². The third kappa shape index (κ3) is 4.95. The minimum atomic E-state index is -0.340. The number of thioether (sulfide) groups is 1. The molecule has 0 saturated heterocycles. The Hall–Kier alpha value is -2.75. The van der Waals surface area contributed by atoms with Gasteiger partial charge in [0.05, 0.1) is 34.0 Å². The standard InChI is InChI=1S/C23H19Cl2N5O2S/c1-28-20-19(12-2-5-15(31)6-3-12)16(9-26)23(30-21(20)27)33-11-14-10-32-22(29-14)13-4-7-17(24)18(25)8-13/h4,7-8,10,12,15,31H,2-3,5-6,11H2,(H2,27,30). The number of nitriles is 1. The van der Waals surface area contributed by atoms with Gasteiger partial charge in [-0.3, -0.25) is 0 Å². The molecule has 2 aromatic heterocycles. The summed E-state index contributed by atoms with van der Waals surface area (Å²) < 4.78 is 5.58. The van der Waals surface area contributed by atoms with Crippen molar-refractivity contribution < 1.29 is 9.52 Å². The molecule has 3 aromatic rings. The second-order valence-electron chi connectivity index (χ2n) is 7.73. The van der Waals surface area contributed by atoms with E-state index < -0.39 is 0 Å². The van der Waals surface area contributed by atoms with Crippen LogP contribution in [0.3, 0.4) is 0 Å². The van der Waals surface area contributed by atoms with Gasteiger partial charge in [0, 0.05) is 11.3 Å². The predicted molar refractivity (Wildman–Crippen MR) is 128 cm³/mol. The van der Waals surface area contributed by atoms with Crippen molar-refractivity contribution in [3.8, 4) is 17.5 Å². The third-order valence-electron chi connectivity index (χ3n) is 5.61. The Morgan fingerprint density at radius 3 is 2.67 bits per heavy atom. The van der Waals surface area contributed by atoms with Crippen molar-refractivity contribution in [3.63, 3.8) is 0 Å². The average molecular weight is 500 g/mol. The smallest absolute Gasteiger partial charge is 0.232 e. The van der Waals surface area contributed by atoms with Crippen LogP contribution < -0.4 is 5.73 Å². The summed E-state index contributed by atoms with van der Waals surface area (Å²) in [7, 11) is 0. The lowest BCUT2D eigenvalue weighted by atomic mass is 9.81. The van der Waals surface area contributed by atoms with E-state index in [-0.39, 0.29) is 23.5 Å². The van der Waals surface area contributed by atoms with Crippen LogP contribution in [0.1, 0.15) is 48.4 Å². The Morgan fingerprint density at radius 1 is 1.24 bits per heavy atom. The SMILES string of the molecule is [C-]#[N+]c1c(N)nc(SCc2coc(-c3ccc(Cl)c(Cl)c3)n2)c(C#N)c1C1CCC(O)CC1. The van der Waals surface area contributed by atoms with Crippen LogP contribution in [-0.2, 0) is 5.75 Å².